The zero-order valence-corrected chi connectivity index (χ0v) is 12.2. The lowest BCUT2D eigenvalue weighted by Gasteiger charge is -2.37. The minimum absolute atomic E-state index is 0.127. The van der Waals surface area contributed by atoms with Crippen molar-refractivity contribution < 1.29 is 18.7 Å². The van der Waals surface area contributed by atoms with Crippen molar-refractivity contribution in [3.8, 4) is 0 Å². The molecule has 0 aromatic heterocycles. The fourth-order valence-electron chi connectivity index (χ4n) is 3.05. The number of carbonyl (C=O) groups is 1. The average Bonchev–Trinajstić information content (AvgIpc) is 2.45. The van der Waals surface area contributed by atoms with Gasteiger partial charge in [-0.2, -0.15) is 0 Å². The molecule has 2 atom stereocenters. The SMILES string of the molecule is CC(c1ccc(F)cc1F)N1CCCC(CCC(=O)O)C1. The van der Waals surface area contributed by atoms with Crippen LogP contribution in [-0.4, -0.2) is 29.1 Å². The van der Waals surface area contributed by atoms with Gasteiger partial charge in [-0.25, -0.2) is 8.78 Å². The van der Waals surface area contributed by atoms with Gasteiger partial charge in [0.25, 0.3) is 0 Å². The summed E-state index contributed by atoms with van der Waals surface area (Å²) in [6, 6.07) is 3.56. The maximum Gasteiger partial charge on any atom is 0.303 e. The number of hydrogen-bond donors (Lipinski definition) is 1. The van der Waals surface area contributed by atoms with Gasteiger partial charge in [0.1, 0.15) is 11.6 Å². The summed E-state index contributed by atoms with van der Waals surface area (Å²) in [7, 11) is 0. The van der Waals surface area contributed by atoms with Gasteiger partial charge in [-0.1, -0.05) is 6.07 Å². The Labute approximate surface area is 123 Å². The van der Waals surface area contributed by atoms with Crippen LogP contribution in [0.2, 0.25) is 0 Å². The Balaban J connectivity index is 2.01. The lowest BCUT2D eigenvalue weighted by molar-refractivity contribution is -0.137. The maximum absolute atomic E-state index is 13.9. The third-order valence-electron chi connectivity index (χ3n) is 4.28. The van der Waals surface area contributed by atoms with Crippen molar-refractivity contribution in [3.63, 3.8) is 0 Å². The minimum Gasteiger partial charge on any atom is -0.481 e. The molecule has 0 aliphatic carbocycles. The molecule has 3 nitrogen and oxygen atoms in total. The van der Waals surface area contributed by atoms with Gasteiger partial charge < -0.3 is 5.11 Å². The van der Waals surface area contributed by atoms with Gasteiger partial charge in [-0.3, -0.25) is 9.69 Å². The van der Waals surface area contributed by atoms with Gasteiger partial charge in [0.2, 0.25) is 0 Å². The number of benzene rings is 1. The summed E-state index contributed by atoms with van der Waals surface area (Å²) < 4.78 is 26.8. The smallest absolute Gasteiger partial charge is 0.303 e. The molecule has 1 aromatic carbocycles. The van der Waals surface area contributed by atoms with E-state index in [9.17, 15) is 13.6 Å². The van der Waals surface area contributed by atoms with Crippen molar-refractivity contribution >= 4 is 5.97 Å². The second kappa shape index (κ2) is 6.98. The first-order valence-corrected chi connectivity index (χ1v) is 7.38. The van der Waals surface area contributed by atoms with Crippen molar-refractivity contribution in [1.29, 1.82) is 0 Å². The van der Waals surface area contributed by atoms with Crippen LogP contribution in [0.1, 0.15) is 44.2 Å². The molecular weight excluding hydrogens is 276 g/mol. The van der Waals surface area contributed by atoms with Crippen molar-refractivity contribution in [2.75, 3.05) is 13.1 Å². The fraction of sp³-hybridized carbons (Fsp3) is 0.562. The van der Waals surface area contributed by atoms with Crippen LogP contribution in [0.25, 0.3) is 0 Å². The zero-order chi connectivity index (χ0) is 15.4. The lowest BCUT2D eigenvalue weighted by Crippen LogP contribution is -2.37. The van der Waals surface area contributed by atoms with E-state index in [4.69, 9.17) is 5.11 Å². The first kappa shape index (κ1) is 15.9. The molecule has 0 saturated carbocycles. The number of hydrogen-bond acceptors (Lipinski definition) is 2. The van der Waals surface area contributed by atoms with Crippen LogP contribution >= 0.6 is 0 Å². The third-order valence-corrected chi connectivity index (χ3v) is 4.28. The first-order chi connectivity index (χ1) is 9.97. The van der Waals surface area contributed by atoms with Crippen molar-refractivity contribution in [2.24, 2.45) is 5.92 Å². The number of carboxylic acid groups (broad SMARTS) is 1. The number of piperidine rings is 1. The molecule has 1 saturated heterocycles. The summed E-state index contributed by atoms with van der Waals surface area (Å²) in [5, 5.41) is 8.76. The van der Waals surface area contributed by atoms with E-state index in [1.165, 1.54) is 12.1 Å². The number of likely N-dealkylation sites (tertiary alicyclic amines) is 1. The highest BCUT2D eigenvalue weighted by molar-refractivity contribution is 5.66. The quantitative estimate of drug-likeness (QED) is 0.902. The highest BCUT2D eigenvalue weighted by Crippen LogP contribution is 2.30. The molecule has 2 unspecified atom stereocenters. The Kier molecular flexibility index (Phi) is 5.28. The summed E-state index contributed by atoms with van der Waals surface area (Å²) in [4.78, 5) is 12.8. The van der Waals surface area contributed by atoms with Crippen LogP contribution in [0.3, 0.4) is 0 Å². The Hall–Kier alpha value is -1.49. The van der Waals surface area contributed by atoms with Crippen LogP contribution in [0.15, 0.2) is 18.2 Å². The number of rotatable bonds is 5. The van der Waals surface area contributed by atoms with Gasteiger partial charge >= 0.3 is 5.97 Å². The van der Waals surface area contributed by atoms with Crippen LogP contribution in [0.5, 0.6) is 0 Å². The normalized spacial score (nSPS) is 21.2. The van der Waals surface area contributed by atoms with Gasteiger partial charge in [0.15, 0.2) is 0 Å². The second-order valence-electron chi connectivity index (χ2n) is 5.78. The van der Waals surface area contributed by atoms with Crippen molar-refractivity contribution in [2.45, 2.75) is 38.6 Å². The Morgan fingerprint density at radius 3 is 2.90 bits per heavy atom. The minimum atomic E-state index is -0.773. The maximum atomic E-state index is 13.9. The molecule has 1 aliphatic rings. The Bertz CT molecular complexity index is 507. The van der Waals surface area contributed by atoms with Crippen LogP contribution in [0, 0.1) is 17.6 Å². The summed E-state index contributed by atoms with van der Waals surface area (Å²) in [6.07, 6.45) is 2.84. The number of nitrogens with zero attached hydrogens (tertiary/aromatic N) is 1. The molecule has 116 valence electrons. The van der Waals surface area contributed by atoms with Gasteiger partial charge in [0, 0.05) is 30.6 Å². The molecule has 0 spiro atoms. The molecular formula is C16H21F2NO2. The standard InChI is InChI=1S/C16H21F2NO2/c1-11(14-6-5-13(17)9-15(14)18)19-8-2-3-12(10-19)4-7-16(20)21/h5-6,9,11-12H,2-4,7-8,10H2,1H3,(H,20,21). The number of aliphatic carboxylic acids is 1. The summed E-state index contributed by atoms with van der Waals surface area (Å²) in [6.45, 7) is 3.54. The molecule has 2 rings (SSSR count). The van der Waals surface area contributed by atoms with E-state index in [2.05, 4.69) is 4.90 Å². The van der Waals surface area contributed by atoms with E-state index >= 15 is 0 Å². The van der Waals surface area contributed by atoms with Gasteiger partial charge in [-0.15, -0.1) is 0 Å². The molecule has 1 aromatic rings. The van der Waals surface area contributed by atoms with Crippen molar-refractivity contribution in [3.05, 3.63) is 35.4 Å². The molecule has 21 heavy (non-hydrogen) atoms. The largest absolute Gasteiger partial charge is 0.481 e. The van der Waals surface area contributed by atoms with E-state index < -0.39 is 17.6 Å². The number of carboxylic acids is 1. The van der Waals surface area contributed by atoms with E-state index in [0.717, 1.165) is 32.0 Å². The van der Waals surface area contributed by atoms with Crippen LogP contribution < -0.4 is 0 Å². The number of halogens is 2. The second-order valence-corrected chi connectivity index (χ2v) is 5.78. The van der Waals surface area contributed by atoms with Crippen LogP contribution in [0.4, 0.5) is 8.78 Å². The molecule has 0 bridgehead atoms. The summed E-state index contributed by atoms with van der Waals surface area (Å²) >= 11 is 0. The van der Waals surface area contributed by atoms with E-state index in [0.29, 0.717) is 17.9 Å². The zero-order valence-electron chi connectivity index (χ0n) is 12.2. The molecule has 5 heteroatoms. The molecule has 1 heterocycles. The highest BCUT2D eigenvalue weighted by Gasteiger charge is 2.26. The predicted molar refractivity (Wildman–Crippen MR) is 75.9 cm³/mol. The van der Waals surface area contributed by atoms with Gasteiger partial charge in [-0.05, 0) is 44.7 Å². The molecule has 1 aliphatic heterocycles. The first-order valence-electron chi connectivity index (χ1n) is 7.38. The summed E-state index contributed by atoms with van der Waals surface area (Å²) in [5.41, 5.74) is 0.496. The van der Waals surface area contributed by atoms with E-state index in [1.54, 1.807) is 0 Å². The monoisotopic (exact) mass is 297 g/mol. The summed E-state index contributed by atoms with van der Waals surface area (Å²) in [5.74, 6) is -1.53. The van der Waals surface area contributed by atoms with E-state index in [-0.39, 0.29) is 12.5 Å². The molecule has 1 fully saturated rings. The Morgan fingerprint density at radius 1 is 1.48 bits per heavy atom. The molecule has 0 amide bonds. The molecule has 1 N–H and O–H groups in total. The topological polar surface area (TPSA) is 40.5 Å². The van der Waals surface area contributed by atoms with E-state index in [1.807, 2.05) is 6.92 Å². The highest BCUT2D eigenvalue weighted by atomic mass is 19.1. The van der Waals surface area contributed by atoms with Gasteiger partial charge in [0.05, 0.1) is 0 Å². The predicted octanol–water partition coefficient (Wildman–Crippen LogP) is 3.60. The van der Waals surface area contributed by atoms with Crippen LogP contribution in [-0.2, 0) is 4.79 Å². The lowest BCUT2D eigenvalue weighted by atomic mass is 9.91. The fourth-order valence-corrected chi connectivity index (χ4v) is 3.05. The Morgan fingerprint density at radius 2 is 2.24 bits per heavy atom. The van der Waals surface area contributed by atoms with Crippen molar-refractivity contribution in [1.82, 2.24) is 4.90 Å². The average molecular weight is 297 g/mol. The third kappa shape index (κ3) is 4.24. The molecule has 0 radical (unpaired) electrons.